The second-order valence-corrected chi connectivity index (χ2v) is 5.01. The number of halogens is 5. The fourth-order valence-electron chi connectivity index (χ4n) is 1.66. The molecule has 0 aliphatic rings. The minimum Gasteiger partial charge on any atom is -0.466 e. The van der Waals surface area contributed by atoms with Gasteiger partial charge in [0.2, 0.25) is 0 Å². The van der Waals surface area contributed by atoms with Crippen molar-refractivity contribution >= 4 is 17.7 Å². The van der Waals surface area contributed by atoms with Crippen LogP contribution in [0.25, 0.3) is 0 Å². The molecular formula is C13H10F5NO3S. The van der Waals surface area contributed by atoms with E-state index in [0.717, 1.165) is 12.1 Å². The standard InChI is InChI=1S/C13H10F5NO3S/c1-2-21-10(20)5-8-7(6-19)3-4-9(22-12(14)15)11(8)23-13(16,17)18/h3-4,12H,2,5H2,1H3. The second kappa shape index (κ2) is 8.01. The van der Waals surface area contributed by atoms with Gasteiger partial charge in [0.05, 0.1) is 29.6 Å². The summed E-state index contributed by atoms with van der Waals surface area (Å²) in [4.78, 5) is 10.8. The van der Waals surface area contributed by atoms with Crippen molar-refractivity contribution in [2.45, 2.75) is 30.4 Å². The minimum absolute atomic E-state index is 0.0182. The van der Waals surface area contributed by atoms with Crippen LogP contribution in [0.15, 0.2) is 17.0 Å². The number of hydrogen-bond donors (Lipinski definition) is 0. The van der Waals surface area contributed by atoms with Crippen LogP contribution < -0.4 is 4.74 Å². The third-order valence-electron chi connectivity index (χ3n) is 2.41. The van der Waals surface area contributed by atoms with Crippen LogP contribution in [0.4, 0.5) is 22.0 Å². The molecule has 0 saturated carbocycles. The van der Waals surface area contributed by atoms with Crippen LogP contribution in [0.1, 0.15) is 18.1 Å². The van der Waals surface area contributed by atoms with Crippen molar-refractivity contribution < 1.29 is 36.2 Å². The maximum absolute atomic E-state index is 12.7. The van der Waals surface area contributed by atoms with Gasteiger partial charge in [0, 0.05) is 0 Å². The van der Waals surface area contributed by atoms with E-state index in [-0.39, 0.29) is 17.7 Å². The maximum Gasteiger partial charge on any atom is 0.446 e. The molecule has 0 atom stereocenters. The Labute approximate surface area is 132 Å². The van der Waals surface area contributed by atoms with Crippen LogP contribution in [0.3, 0.4) is 0 Å². The average molecular weight is 355 g/mol. The summed E-state index contributed by atoms with van der Waals surface area (Å²) in [7, 11) is 0. The summed E-state index contributed by atoms with van der Waals surface area (Å²) < 4.78 is 71.4. The molecule has 1 rings (SSSR count). The first-order valence-electron chi connectivity index (χ1n) is 6.10. The molecule has 10 heteroatoms. The molecule has 0 aliphatic heterocycles. The number of carbonyl (C=O) groups excluding carboxylic acids is 1. The lowest BCUT2D eigenvalue weighted by molar-refractivity contribution is -0.142. The van der Waals surface area contributed by atoms with E-state index in [1.165, 1.54) is 6.92 Å². The number of nitrogens with zero attached hydrogens (tertiary/aromatic N) is 1. The Balaban J connectivity index is 3.40. The van der Waals surface area contributed by atoms with Crippen molar-refractivity contribution in [1.82, 2.24) is 0 Å². The van der Waals surface area contributed by atoms with Gasteiger partial charge in [-0.3, -0.25) is 4.79 Å². The Morgan fingerprint density at radius 1 is 1.39 bits per heavy atom. The molecule has 1 aromatic rings. The highest BCUT2D eigenvalue weighted by Crippen LogP contribution is 2.45. The molecular weight excluding hydrogens is 345 g/mol. The molecule has 126 valence electrons. The van der Waals surface area contributed by atoms with E-state index < -0.39 is 46.9 Å². The zero-order chi connectivity index (χ0) is 17.6. The number of thioether (sulfide) groups is 1. The second-order valence-electron chi connectivity index (χ2n) is 3.94. The SMILES string of the molecule is CCOC(=O)Cc1c(C#N)ccc(OC(F)F)c1SC(F)(F)F. The lowest BCUT2D eigenvalue weighted by Crippen LogP contribution is -2.13. The fraction of sp³-hybridized carbons (Fsp3) is 0.385. The monoisotopic (exact) mass is 355 g/mol. The number of benzene rings is 1. The van der Waals surface area contributed by atoms with Gasteiger partial charge in [-0.25, -0.2) is 0 Å². The van der Waals surface area contributed by atoms with E-state index in [0.29, 0.717) is 0 Å². The topological polar surface area (TPSA) is 59.3 Å². The Morgan fingerprint density at radius 2 is 2.04 bits per heavy atom. The smallest absolute Gasteiger partial charge is 0.446 e. The molecule has 0 saturated heterocycles. The quantitative estimate of drug-likeness (QED) is 0.440. The number of esters is 1. The van der Waals surface area contributed by atoms with E-state index in [9.17, 15) is 26.7 Å². The minimum atomic E-state index is -4.82. The maximum atomic E-state index is 12.7. The van der Waals surface area contributed by atoms with Crippen LogP contribution in [0.2, 0.25) is 0 Å². The highest BCUT2D eigenvalue weighted by molar-refractivity contribution is 8.00. The summed E-state index contributed by atoms with van der Waals surface area (Å²) >= 11 is -0.732. The van der Waals surface area contributed by atoms with Gasteiger partial charge in [-0.05, 0) is 36.4 Å². The van der Waals surface area contributed by atoms with Gasteiger partial charge in [-0.2, -0.15) is 27.2 Å². The van der Waals surface area contributed by atoms with E-state index >= 15 is 0 Å². The summed E-state index contributed by atoms with van der Waals surface area (Å²) in [5, 5.41) is 8.98. The summed E-state index contributed by atoms with van der Waals surface area (Å²) in [6.45, 7) is -1.88. The number of ether oxygens (including phenoxy) is 2. The lowest BCUT2D eigenvalue weighted by Gasteiger charge is -2.16. The molecule has 0 heterocycles. The number of alkyl halides is 5. The highest BCUT2D eigenvalue weighted by atomic mass is 32.2. The van der Waals surface area contributed by atoms with Gasteiger partial charge >= 0.3 is 18.1 Å². The zero-order valence-corrected chi connectivity index (χ0v) is 12.4. The molecule has 0 spiro atoms. The molecule has 0 radical (unpaired) electrons. The van der Waals surface area contributed by atoms with Crippen LogP contribution >= 0.6 is 11.8 Å². The molecule has 0 aromatic heterocycles. The molecule has 0 unspecified atom stereocenters. The van der Waals surface area contributed by atoms with E-state index in [1.807, 2.05) is 0 Å². The average Bonchev–Trinajstić information content (AvgIpc) is 2.41. The van der Waals surface area contributed by atoms with Crippen LogP contribution in [0, 0.1) is 11.3 Å². The number of hydrogen-bond acceptors (Lipinski definition) is 5. The van der Waals surface area contributed by atoms with Crippen LogP contribution in [-0.4, -0.2) is 24.7 Å². The van der Waals surface area contributed by atoms with Crippen molar-refractivity contribution in [3.05, 3.63) is 23.3 Å². The highest BCUT2D eigenvalue weighted by Gasteiger charge is 2.34. The first kappa shape index (κ1) is 19.0. The van der Waals surface area contributed by atoms with Crippen molar-refractivity contribution in [2.75, 3.05) is 6.61 Å². The molecule has 0 fully saturated rings. The Morgan fingerprint density at radius 3 is 2.52 bits per heavy atom. The fourth-order valence-corrected chi connectivity index (χ4v) is 2.41. The van der Waals surface area contributed by atoms with Crippen molar-refractivity contribution in [3.63, 3.8) is 0 Å². The van der Waals surface area contributed by atoms with Crippen molar-refractivity contribution in [3.8, 4) is 11.8 Å². The summed E-state index contributed by atoms with van der Waals surface area (Å²) in [6.07, 6.45) is -0.671. The molecule has 4 nitrogen and oxygen atoms in total. The largest absolute Gasteiger partial charge is 0.466 e. The molecule has 0 N–H and O–H groups in total. The van der Waals surface area contributed by atoms with Crippen molar-refractivity contribution in [2.24, 2.45) is 0 Å². The predicted octanol–water partition coefficient (Wildman–Crippen LogP) is 3.88. The first-order chi connectivity index (χ1) is 10.7. The van der Waals surface area contributed by atoms with Gasteiger partial charge in [0.25, 0.3) is 0 Å². The van der Waals surface area contributed by atoms with Crippen LogP contribution in [-0.2, 0) is 16.0 Å². The molecule has 0 aliphatic carbocycles. The van der Waals surface area contributed by atoms with Crippen LogP contribution in [0.5, 0.6) is 5.75 Å². The Kier molecular flexibility index (Phi) is 6.62. The Hall–Kier alpha value is -2.02. The van der Waals surface area contributed by atoms with Gasteiger partial charge in [0.15, 0.2) is 0 Å². The van der Waals surface area contributed by atoms with Crippen molar-refractivity contribution in [1.29, 1.82) is 5.26 Å². The molecule has 0 bridgehead atoms. The molecule has 0 amide bonds. The van der Waals surface area contributed by atoms with Gasteiger partial charge in [-0.1, -0.05) is 0 Å². The predicted molar refractivity (Wildman–Crippen MR) is 70.0 cm³/mol. The summed E-state index contributed by atoms with van der Waals surface area (Å²) in [5.74, 6) is -1.65. The third-order valence-corrected chi connectivity index (χ3v) is 3.29. The zero-order valence-electron chi connectivity index (χ0n) is 11.6. The van der Waals surface area contributed by atoms with E-state index in [4.69, 9.17) is 5.26 Å². The Bertz CT molecular complexity index is 613. The first-order valence-corrected chi connectivity index (χ1v) is 6.91. The number of rotatable bonds is 6. The summed E-state index contributed by atoms with van der Waals surface area (Å²) in [6, 6.07) is 3.45. The molecule has 1 aromatic carbocycles. The van der Waals surface area contributed by atoms with Gasteiger partial charge < -0.3 is 9.47 Å². The van der Waals surface area contributed by atoms with E-state index in [2.05, 4.69) is 9.47 Å². The number of carbonyl (C=O) groups is 1. The third kappa shape index (κ3) is 5.94. The van der Waals surface area contributed by atoms with E-state index in [1.54, 1.807) is 6.07 Å². The van der Waals surface area contributed by atoms with Gasteiger partial charge in [-0.15, -0.1) is 0 Å². The van der Waals surface area contributed by atoms with Gasteiger partial charge in [0.1, 0.15) is 5.75 Å². The molecule has 23 heavy (non-hydrogen) atoms. The summed E-state index contributed by atoms with van der Waals surface area (Å²) in [5.41, 5.74) is -5.45. The normalized spacial score (nSPS) is 11.2. The number of nitriles is 1. The lowest BCUT2D eigenvalue weighted by atomic mass is 10.0.